The van der Waals surface area contributed by atoms with Crippen LogP contribution in [0.3, 0.4) is 0 Å². The van der Waals surface area contributed by atoms with Crippen LogP contribution in [0.2, 0.25) is 0 Å². The summed E-state index contributed by atoms with van der Waals surface area (Å²) < 4.78 is 7.27. The van der Waals surface area contributed by atoms with E-state index < -0.39 is 0 Å². The molecule has 2 saturated heterocycles. The predicted molar refractivity (Wildman–Crippen MR) is 101 cm³/mol. The van der Waals surface area contributed by atoms with E-state index >= 15 is 0 Å². The fraction of sp³-hybridized carbons (Fsp3) is 0.733. The summed E-state index contributed by atoms with van der Waals surface area (Å²) in [6.45, 7) is 6.72. The van der Waals surface area contributed by atoms with Gasteiger partial charge in [0.2, 0.25) is 0 Å². The fourth-order valence-corrected chi connectivity index (χ4v) is 3.25. The van der Waals surface area contributed by atoms with Gasteiger partial charge in [0.05, 0.1) is 19.4 Å². The van der Waals surface area contributed by atoms with Crippen molar-refractivity contribution < 1.29 is 4.74 Å². The van der Waals surface area contributed by atoms with Crippen LogP contribution in [0.5, 0.6) is 0 Å². The number of guanidine groups is 1. The molecule has 0 aromatic carbocycles. The highest BCUT2D eigenvalue weighted by atomic mass is 127. The summed E-state index contributed by atoms with van der Waals surface area (Å²) in [6.07, 6.45) is 5.12. The summed E-state index contributed by atoms with van der Waals surface area (Å²) in [5.74, 6) is 0.986. The quantitative estimate of drug-likeness (QED) is 0.427. The number of aryl methyl sites for hydroxylation is 1. The molecule has 0 saturated carbocycles. The highest BCUT2D eigenvalue weighted by Crippen LogP contribution is 2.17. The van der Waals surface area contributed by atoms with E-state index in [2.05, 4.69) is 25.2 Å². The van der Waals surface area contributed by atoms with Gasteiger partial charge in [-0.15, -0.1) is 24.0 Å². The monoisotopic (exact) mass is 434 g/mol. The molecule has 0 aliphatic carbocycles. The van der Waals surface area contributed by atoms with E-state index in [1.165, 1.54) is 12.0 Å². The zero-order chi connectivity index (χ0) is 15.4. The molecule has 3 rings (SSSR count). The Morgan fingerprint density at radius 3 is 2.83 bits per heavy atom. The van der Waals surface area contributed by atoms with Crippen LogP contribution in [-0.2, 0) is 18.3 Å². The Hall–Kier alpha value is -0.870. The third-order valence-corrected chi connectivity index (χ3v) is 4.45. The van der Waals surface area contributed by atoms with Gasteiger partial charge in [-0.05, 0) is 6.42 Å². The minimum absolute atomic E-state index is 0. The van der Waals surface area contributed by atoms with Crippen LogP contribution in [0.25, 0.3) is 0 Å². The van der Waals surface area contributed by atoms with Crippen molar-refractivity contribution in [1.82, 2.24) is 24.9 Å². The minimum Gasteiger partial charge on any atom is -0.379 e. The molecule has 0 bridgehead atoms. The summed E-state index contributed by atoms with van der Waals surface area (Å²) in [6, 6.07) is 0.626. The summed E-state index contributed by atoms with van der Waals surface area (Å²) >= 11 is 0. The minimum atomic E-state index is 0. The highest BCUT2D eigenvalue weighted by molar-refractivity contribution is 14.0. The van der Waals surface area contributed by atoms with Crippen LogP contribution in [0.1, 0.15) is 12.0 Å². The number of hydrogen-bond acceptors (Lipinski definition) is 4. The Balaban J connectivity index is 0.00000192. The van der Waals surface area contributed by atoms with Gasteiger partial charge < -0.3 is 15.0 Å². The average Bonchev–Trinajstić information content (AvgIpc) is 3.18. The predicted octanol–water partition coefficient (Wildman–Crippen LogP) is 0.520. The molecular formula is C15H27IN6O. The number of hydrogen-bond donors (Lipinski definition) is 1. The molecule has 3 heterocycles. The van der Waals surface area contributed by atoms with Crippen molar-refractivity contribution in [2.45, 2.75) is 19.0 Å². The normalized spacial score (nSPS) is 23.0. The maximum Gasteiger partial charge on any atom is 0.193 e. The van der Waals surface area contributed by atoms with Gasteiger partial charge >= 0.3 is 0 Å². The molecule has 1 aromatic rings. The Kier molecular flexibility index (Phi) is 7.09. The summed E-state index contributed by atoms with van der Waals surface area (Å²) in [5, 5.41) is 7.64. The van der Waals surface area contributed by atoms with Gasteiger partial charge in [-0.25, -0.2) is 0 Å². The maximum atomic E-state index is 5.45. The van der Waals surface area contributed by atoms with Crippen LogP contribution < -0.4 is 5.32 Å². The molecule has 0 spiro atoms. The number of morpholine rings is 1. The topological polar surface area (TPSA) is 57.9 Å². The second-order valence-electron chi connectivity index (χ2n) is 5.96. The SMILES string of the molecule is CN=C(NCc1cnn(C)c1)N1CCC(N2CCOCC2)C1.I. The zero-order valence-corrected chi connectivity index (χ0v) is 16.3. The standard InChI is InChI=1S/C15H26N6O.HI/c1-16-15(17-9-13-10-18-19(2)11-13)21-4-3-14(12-21)20-5-7-22-8-6-20;/h10-11,14H,3-9,12H2,1-2H3,(H,16,17);1H. The molecule has 23 heavy (non-hydrogen) atoms. The lowest BCUT2D eigenvalue weighted by Gasteiger charge is -2.32. The summed E-state index contributed by atoms with van der Waals surface area (Å²) in [5.41, 5.74) is 1.17. The molecular weight excluding hydrogens is 407 g/mol. The molecule has 1 N–H and O–H groups in total. The number of aromatic nitrogens is 2. The maximum absolute atomic E-state index is 5.45. The smallest absolute Gasteiger partial charge is 0.193 e. The molecule has 1 unspecified atom stereocenters. The number of aliphatic imine (C=N–C) groups is 1. The average molecular weight is 434 g/mol. The van der Waals surface area contributed by atoms with Crippen LogP contribution in [-0.4, -0.2) is 78.0 Å². The van der Waals surface area contributed by atoms with Crippen molar-refractivity contribution in [3.8, 4) is 0 Å². The Labute approximate surface area is 155 Å². The lowest BCUT2D eigenvalue weighted by Crippen LogP contribution is -2.46. The summed E-state index contributed by atoms with van der Waals surface area (Å²) in [7, 11) is 3.79. The molecule has 7 nitrogen and oxygen atoms in total. The van der Waals surface area contributed by atoms with E-state index in [-0.39, 0.29) is 24.0 Å². The lowest BCUT2D eigenvalue weighted by molar-refractivity contribution is 0.0195. The number of nitrogens with one attached hydrogen (secondary N) is 1. The molecule has 8 heteroatoms. The first-order chi connectivity index (χ1) is 10.8. The van der Waals surface area contributed by atoms with Gasteiger partial charge in [0.1, 0.15) is 0 Å². The molecule has 1 aromatic heterocycles. The largest absolute Gasteiger partial charge is 0.379 e. The Morgan fingerprint density at radius 2 is 2.17 bits per heavy atom. The van der Waals surface area contributed by atoms with Crippen molar-refractivity contribution >= 4 is 29.9 Å². The van der Waals surface area contributed by atoms with Gasteiger partial charge in [0.15, 0.2) is 5.96 Å². The van der Waals surface area contributed by atoms with Gasteiger partial charge in [-0.1, -0.05) is 0 Å². The molecule has 0 amide bonds. The lowest BCUT2D eigenvalue weighted by atomic mass is 10.2. The van der Waals surface area contributed by atoms with Crippen molar-refractivity contribution in [1.29, 1.82) is 0 Å². The molecule has 2 aliphatic heterocycles. The van der Waals surface area contributed by atoms with Crippen LogP contribution >= 0.6 is 24.0 Å². The van der Waals surface area contributed by atoms with Gasteiger partial charge in [-0.2, -0.15) is 5.10 Å². The third-order valence-electron chi connectivity index (χ3n) is 4.45. The zero-order valence-electron chi connectivity index (χ0n) is 13.9. The van der Waals surface area contributed by atoms with E-state index in [0.717, 1.165) is 51.9 Å². The van der Waals surface area contributed by atoms with E-state index in [1.54, 1.807) is 0 Å². The van der Waals surface area contributed by atoms with Crippen molar-refractivity contribution in [3.63, 3.8) is 0 Å². The van der Waals surface area contributed by atoms with E-state index in [9.17, 15) is 0 Å². The number of halogens is 1. The Morgan fingerprint density at radius 1 is 1.39 bits per heavy atom. The van der Waals surface area contributed by atoms with Gasteiger partial charge in [0, 0.05) is 64.6 Å². The number of ether oxygens (including phenoxy) is 1. The second-order valence-corrected chi connectivity index (χ2v) is 5.96. The van der Waals surface area contributed by atoms with Gasteiger partial charge in [0.25, 0.3) is 0 Å². The van der Waals surface area contributed by atoms with E-state index in [0.29, 0.717) is 6.04 Å². The van der Waals surface area contributed by atoms with E-state index in [1.807, 2.05) is 31.2 Å². The first-order valence-electron chi connectivity index (χ1n) is 8.01. The highest BCUT2D eigenvalue weighted by Gasteiger charge is 2.30. The molecule has 0 radical (unpaired) electrons. The molecule has 2 fully saturated rings. The number of nitrogens with zero attached hydrogens (tertiary/aromatic N) is 5. The molecule has 130 valence electrons. The van der Waals surface area contributed by atoms with Crippen LogP contribution in [0.15, 0.2) is 17.4 Å². The second kappa shape index (κ2) is 8.84. The number of likely N-dealkylation sites (tertiary alicyclic amines) is 1. The molecule has 1 atom stereocenters. The Bertz CT molecular complexity index is 514. The molecule has 2 aliphatic rings. The van der Waals surface area contributed by atoms with Crippen molar-refractivity contribution in [2.75, 3.05) is 46.4 Å². The first kappa shape index (κ1) is 18.5. The van der Waals surface area contributed by atoms with Crippen LogP contribution in [0.4, 0.5) is 0 Å². The fourth-order valence-electron chi connectivity index (χ4n) is 3.25. The number of rotatable bonds is 3. The summed E-state index contributed by atoms with van der Waals surface area (Å²) in [4.78, 5) is 9.34. The van der Waals surface area contributed by atoms with Gasteiger partial charge in [-0.3, -0.25) is 14.6 Å². The van der Waals surface area contributed by atoms with Crippen molar-refractivity contribution in [2.24, 2.45) is 12.0 Å². The third kappa shape index (κ3) is 4.80. The van der Waals surface area contributed by atoms with E-state index in [4.69, 9.17) is 4.74 Å². The first-order valence-corrected chi connectivity index (χ1v) is 8.01. The van der Waals surface area contributed by atoms with Crippen LogP contribution in [0, 0.1) is 0 Å². The van der Waals surface area contributed by atoms with Crippen molar-refractivity contribution in [3.05, 3.63) is 18.0 Å².